The maximum absolute atomic E-state index is 13.9. The van der Waals surface area contributed by atoms with Crippen LogP contribution in [0.2, 0.25) is 0 Å². The molecular formula is C29H31F6N5O4. The van der Waals surface area contributed by atoms with Gasteiger partial charge in [-0.1, -0.05) is 30.3 Å². The lowest BCUT2D eigenvalue weighted by atomic mass is 9.73. The molecule has 0 aromatic heterocycles. The fourth-order valence-electron chi connectivity index (χ4n) is 5.14. The normalized spacial score (nSPS) is 19.8. The fraction of sp³-hybridized carbons (Fsp3) is 0.448. The van der Waals surface area contributed by atoms with Crippen molar-refractivity contribution >= 4 is 23.4 Å². The molecule has 4 rings (SSSR count). The first-order chi connectivity index (χ1) is 20.3. The molecule has 44 heavy (non-hydrogen) atoms. The minimum atomic E-state index is -5.12. The van der Waals surface area contributed by atoms with Gasteiger partial charge >= 0.3 is 12.4 Å². The maximum atomic E-state index is 13.9. The molecule has 2 atom stereocenters. The van der Waals surface area contributed by atoms with Gasteiger partial charge in [0, 0.05) is 26.6 Å². The van der Waals surface area contributed by atoms with Crippen molar-refractivity contribution < 1.29 is 45.5 Å². The Balaban J connectivity index is 1.64. The van der Waals surface area contributed by atoms with Gasteiger partial charge in [-0.15, -0.1) is 0 Å². The summed E-state index contributed by atoms with van der Waals surface area (Å²) in [6.07, 6.45) is -9.81. The van der Waals surface area contributed by atoms with Crippen molar-refractivity contribution in [3.05, 3.63) is 65.2 Å². The number of fused-ring (bicyclic) bond motifs is 1. The highest BCUT2D eigenvalue weighted by Gasteiger charge is 2.54. The first-order valence-electron chi connectivity index (χ1n) is 13.5. The highest BCUT2D eigenvalue weighted by atomic mass is 19.4. The number of carbonyl (C=O) groups excluding carboxylic acids is 3. The number of benzene rings is 2. The maximum Gasteiger partial charge on any atom is 0.416 e. The summed E-state index contributed by atoms with van der Waals surface area (Å²) < 4.78 is 85.5. The average Bonchev–Trinajstić information content (AvgIpc) is 3.18. The number of nitrogens with one attached hydrogen (secondary N) is 1. The molecule has 2 heterocycles. The fourth-order valence-corrected chi connectivity index (χ4v) is 5.14. The lowest BCUT2D eigenvalue weighted by Gasteiger charge is -2.40. The summed E-state index contributed by atoms with van der Waals surface area (Å²) in [5.74, 6) is -2.75. The molecule has 2 aliphatic heterocycles. The van der Waals surface area contributed by atoms with E-state index in [4.69, 9.17) is 10.5 Å². The summed E-state index contributed by atoms with van der Waals surface area (Å²) in [6, 6.07) is 8.17. The van der Waals surface area contributed by atoms with Crippen molar-refractivity contribution in [2.75, 3.05) is 26.7 Å². The summed E-state index contributed by atoms with van der Waals surface area (Å²) in [5, 5.41) is 7.99. The van der Waals surface area contributed by atoms with Crippen LogP contribution >= 0.6 is 0 Å². The third-order valence-electron chi connectivity index (χ3n) is 7.43. The van der Waals surface area contributed by atoms with Crippen LogP contribution < -0.4 is 15.8 Å². The van der Waals surface area contributed by atoms with Crippen LogP contribution in [0, 0.1) is 5.41 Å². The summed E-state index contributed by atoms with van der Waals surface area (Å²) in [5.41, 5.74) is 1.32. The summed E-state index contributed by atoms with van der Waals surface area (Å²) in [4.78, 5) is 41.4. The Bertz CT molecular complexity index is 1420. The van der Waals surface area contributed by atoms with Crippen LogP contribution in [-0.4, -0.2) is 71.7 Å². The molecule has 0 bridgehead atoms. The summed E-state index contributed by atoms with van der Waals surface area (Å²) in [6.45, 7) is 1.81. The van der Waals surface area contributed by atoms with Crippen LogP contribution in [0.1, 0.15) is 37.0 Å². The zero-order valence-corrected chi connectivity index (χ0v) is 24.1. The van der Waals surface area contributed by atoms with E-state index < -0.39 is 64.6 Å². The molecular weight excluding hydrogens is 596 g/mol. The molecule has 2 aliphatic rings. The number of ether oxygens (including phenoxy) is 1. The Morgan fingerprint density at radius 2 is 1.64 bits per heavy atom. The zero-order chi connectivity index (χ0) is 32.7. The van der Waals surface area contributed by atoms with Gasteiger partial charge in [0.25, 0.3) is 5.91 Å². The number of hydrogen-bond donors (Lipinski definition) is 2. The minimum absolute atomic E-state index is 0.0527. The number of alkyl halides is 6. The number of carbonyl (C=O) groups is 3. The lowest BCUT2D eigenvalue weighted by molar-refractivity contribution is -0.144. The molecule has 0 aliphatic carbocycles. The third kappa shape index (κ3) is 6.98. The van der Waals surface area contributed by atoms with Crippen molar-refractivity contribution in [1.29, 1.82) is 0 Å². The largest absolute Gasteiger partial charge is 0.491 e. The van der Waals surface area contributed by atoms with Crippen LogP contribution in [0.25, 0.3) is 0 Å². The molecule has 3 amide bonds. The highest BCUT2D eigenvalue weighted by molar-refractivity contribution is 6.13. The Morgan fingerprint density at radius 3 is 2.18 bits per heavy atom. The van der Waals surface area contributed by atoms with Crippen LogP contribution in [0.15, 0.2) is 53.6 Å². The molecule has 15 heteroatoms. The van der Waals surface area contributed by atoms with Gasteiger partial charge < -0.3 is 20.7 Å². The van der Waals surface area contributed by atoms with E-state index in [1.54, 1.807) is 12.1 Å². The first kappa shape index (κ1) is 32.8. The number of likely N-dealkylation sites (tertiary alicyclic amines) is 1. The Kier molecular flexibility index (Phi) is 8.75. The quantitative estimate of drug-likeness (QED) is 0.434. The van der Waals surface area contributed by atoms with Crippen LogP contribution in [0.3, 0.4) is 0 Å². The van der Waals surface area contributed by atoms with Crippen LogP contribution in [0.5, 0.6) is 5.75 Å². The van der Waals surface area contributed by atoms with Gasteiger partial charge in [-0.05, 0) is 44.0 Å². The van der Waals surface area contributed by atoms with E-state index in [9.17, 15) is 40.7 Å². The molecule has 1 fully saturated rings. The molecule has 238 valence electrons. The number of rotatable bonds is 8. The van der Waals surface area contributed by atoms with Crippen molar-refractivity contribution in [2.24, 2.45) is 16.3 Å². The smallest absolute Gasteiger partial charge is 0.416 e. The van der Waals surface area contributed by atoms with Crippen LogP contribution in [-0.2, 0) is 33.2 Å². The summed E-state index contributed by atoms with van der Waals surface area (Å²) in [7, 11) is 1.50. The number of halogens is 6. The number of nitrogens with two attached hydrogens (primary N) is 1. The topological polar surface area (TPSA) is 117 Å². The zero-order valence-electron chi connectivity index (χ0n) is 24.1. The molecule has 0 saturated carbocycles. The van der Waals surface area contributed by atoms with Gasteiger partial charge in [0.05, 0.1) is 22.4 Å². The monoisotopic (exact) mass is 627 g/mol. The molecule has 3 N–H and O–H groups in total. The number of hydrogen-bond acceptors (Lipinski definition) is 6. The minimum Gasteiger partial charge on any atom is -0.491 e. The van der Waals surface area contributed by atoms with Crippen molar-refractivity contribution in [1.82, 2.24) is 15.2 Å². The van der Waals surface area contributed by atoms with Gasteiger partial charge in [0.1, 0.15) is 23.8 Å². The molecule has 2 aromatic rings. The van der Waals surface area contributed by atoms with Crippen molar-refractivity contribution in [3.8, 4) is 5.75 Å². The van der Waals surface area contributed by atoms with Crippen LogP contribution in [0.4, 0.5) is 26.3 Å². The second-order valence-corrected chi connectivity index (χ2v) is 11.4. The van der Waals surface area contributed by atoms with E-state index in [-0.39, 0.29) is 37.9 Å². The first-order valence-corrected chi connectivity index (χ1v) is 13.5. The molecule has 1 saturated heterocycles. The Hall–Kier alpha value is -4.14. The average molecular weight is 628 g/mol. The number of amides is 3. The van der Waals surface area contributed by atoms with Gasteiger partial charge in [-0.25, -0.2) is 5.01 Å². The van der Waals surface area contributed by atoms with E-state index in [0.29, 0.717) is 17.8 Å². The van der Waals surface area contributed by atoms with Crippen molar-refractivity contribution in [3.63, 3.8) is 0 Å². The molecule has 2 aromatic carbocycles. The standard InChI is InChI=1S/C29H31F6N5O4/c1-26(2,36)24(42)37-21(15-44-20-12-18(28(30,31)32)11-19(13-20)29(33,34)35)23(41)40-10-9-22-27(16-40,25(43)39(3)38-22)14-17-7-5-4-6-8-17/h4-8,11-13,21H,9-10,14-16,36H2,1-3H3,(H,37,42). The van der Waals surface area contributed by atoms with E-state index in [1.807, 2.05) is 18.2 Å². The number of piperidine rings is 1. The van der Waals surface area contributed by atoms with Gasteiger partial charge in [0.2, 0.25) is 11.8 Å². The van der Waals surface area contributed by atoms with E-state index >= 15 is 0 Å². The summed E-state index contributed by atoms with van der Waals surface area (Å²) >= 11 is 0. The Labute approximate surface area is 249 Å². The van der Waals surface area contributed by atoms with E-state index in [0.717, 1.165) is 5.56 Å². The third-order valence-corrected chi connectivity index (χ3v) is 7.43. The second kappa shape index (κ2) is 11.7. The van der Waals surface area contributed by atoms with E-state index in [1.165, 1.54) is 30.8 Å². The second-order valence-electron chi connectivity index (χ2n) is 11.4. The van der Waals surface area contributed by atoms with Gasteiger partial charge in [-0.3, -0.25) is 14.4 Å². The predicted molar refractivity (Wildman–Crippen MR) is 146 cm³/mol. The molecule has 9 nitrogen and oxygen atoms in total. The molecule has 0 radical (unpaired) electrons. The molecule has 0 spiro atoms. The Morgan fingerprint density at radius 1 is 1.05 bits per heavy atom. The lowest BCUT2D eigenvalue weighted by Crippen LogP contribution is -2.62. The van der Waals surface area contributed by atoms with Crippen molar-refractivity contribution in [2.45, 2.75) is 50.6 Å². The predicted octanol–water partition coefficient (Wildman–Crippen LogP) is 3.61. The van der Waals surface area contributed by atoms with Gasteiger partial charge in [-0.2, -0.15) is 31.4 Å². The molecule has 2 unspecified atom stereocenters. The SMILES string of the molecule is CN1N=C2CCN(C(=O)C(COc3cc(C(F)(F)F)cc(C(F)(F)F)c3)NC(=O)C(C)(C)N)CC2(Cc2ccccc2)C1=O. The van der Waals surface area contributed by atoms with Gasteiger partial charge in [0.15, 0.2) is 0 Å². The van der Waals surface area contributed by atoms with E-state index in [2.05, 4.69) is 10.4 Å². The highest BCUT2D eigenvalue weighted by Crippen LogP contribution is 2.40. The number of nitrogens with zero attached hydrogens (tertiary/aromatic N) is 3. The number of hydrazone groups is 1.